The first-order chi connectivity index (χ1) is 37.6. The van der Waals surface area contributed by atoms with E-state index in [2.05, 4.69) is 69.4 Å². The fourth-order valence-electron chi connectivity index (χ4n) is 9.56. The zero-order valence-corrected chi connectivity index (χ0v) is 49.2. The van der Waals surface area contributed by atoms with Crippen molar-refractivity contribution in [1.29, 1.82) is 0 Å². The quantitative estimate of drug-likeness (QED) is 0.0228. The van der Waals surface area contributed by atoms with E-state index in [0.29, 0.717) is 19.3 Å². The number of aliphatic hydroxyl groups excluding tert-OH is 2. The number of rotatable bonds is 54. The molecule has 1 fully saturated rings. The summed E-state index contributed by atoms with van der Waals surface area (Å²) in [7, 11) is 0. The lowest BCUT2D eigenvalue weighted by atomic mass is 9.98. The van der Waals surface area contributed by atoms with Crippen LogP contribution in [0.1, 0.15) is 290 Å². The molecule has 1 aliphatic rings. The van der Waals surface area contributed by atoms with Gasteiger partial charge in [0.15, 0.2) is 24.6 Å². The van der Waals surface area contributed by atoms with Crippen molar-refractivity contribution in [2.24, 2.45) is 0 Å². The number of carbonyl (C=O) groups excluding carboxylic acids is 3. The zero-order chi connectivity index (χ0) is 56.1. The zero-order valence-electron chi connectivity index (χ0n) is 49.2. The van der Waals surface area contributed by atoms with E-state index in [1.54, 1.807) is 0 Å². The van der Waals surface area contributed by atoms with Crippen LogP contribution in [0.3, 0.4) is 0 Å². The van der Waals surface area contributed by atoms with Crippen molar-refractivity contribution < 1.29 is 58.2 Å². The molecule has 1 heterocycles. The highest BCUT2D eigenvalue weighted by Crippen LogP contribution is 2.27. The molecule has 0 saturated carbocycles. The average Bonchev–Trinajstić information content (AvgIpc) is 3.43. The van der Waals surface area contributed by atoms with Gasteiger partial charge in [0.2, 0.25) is 0 Å². The van der Waals surface area contributed by atoms with E-state index in [1.807, 2.05) is 0 Å². The van der Waals surface area contributed by atoms with Gasteiger partial charge in [0.25, 0.3) is 0 Å². The van der Waals surface area contributed by atoms with Crippen LogP contribution in [0, 0.1) is 0 Å². The third-order valence-electron chi connectivity index (χ3n) is 14.4. The molecule has 12 nitrogen and oxygen atoms in total. The molecular formula is C65H114O12. The Labute approximate surface area is 469 Å². The van der Waals surface area contributed by atoms with Gasteiger partial charge in [-0.15, -0.1) is 0 Å². The first-order valence-electron chi connectivity index (χ1n) is 31.6. The second-order valence-electron chi connectivity index (χ2n) is 21.7. The van der Waals surface area contributed by atoms with E-state index in [9.17, 15) is 34.5 Å². The van der Waals surface area contributed by atoms with Crippen molar-refractivity contribution in [3.05, 3.63) is 48.6 Å². The molecule has 0 aromatic heterocycles. The van der Waals surface area contributed by atoms with Crippen LogP contribution >= 0.6 is 0 Å². The second kappa shape index (κ2) is 53.3. The average molecular weight is 1090 g/mol. The van der Waals surface area contributed by atoms with E-state index in [4.69, 9.17) is 23.7 Å². The lowest BCUT2D eigenvalue weighted by molar-refractivity contribution is -0.301. The van der Waals surface area contributed by atoms with E-state index < -0.39 is 67.3 Å². The Morgan fingerprint density at radius 3 is 1.26 bits per heavy atom. The summed E-state index contributed by atoms with van der Waals surface area (Å²) in [5.41, 5.74) is 0. The Bertz CT molecular complexity index is 1520. The number of ether oxygens (including phenoxy) is 5. The topological polar surface area (TPSA) is 175 Å². The summed E-state index contributed by atoms with van der Waals surface area (Å²) in [6, 6.07) is 0. The molecule has 0 bridgehead atoms. The van der Waals surface area contributed by atoms with Gasteiger partial charge < -0.3 is 39.0 Å². The highest BCUT2D eigenvalue weighted by molar-refractivity contribution is 5.74. The summed E-state index contributed by atoms with van der Waals surface area (Å²) in [6.45, 7) is 5.89. The van der Waals surface area contributed by atoms with Crippen LogP contribution in [0.25, 0.3) is 0 Å². The van der Waals surface area contributed by atoms with Crippen LogP contribution in [0.4, 0.5) is 0 Å². The molecule has 77 heavy (non-hydrogen) atoms. The summed E-state index contributed by atoms with van der Waals surface area (Å²) in [6.07, 6.45) is 52.2. The molecule has 446 valence electrons. The fraction of sp³-hybridized carbons (Fsp3) is 0.815. The number of carbonyl (C=O) groups is 4. The number of hydrogen-bond donors (Lipinski definition) is 3. The van der Waals surface area contributed by atoms with Crippen molar-refractivity contribution in [1.82, 2.24) is 0 Å². The van der Waals surface area contributed by atoms with Gasteiger partial charge in [-0.1, -0.05) is 243 Å². The summed E-state index contributed by atoms with van der Waals surface area (Å²) < 4.78 is 28.5. The van der Waals surface area contributed by atoms with E-state index in [1.165, 1.54) is 122 Å². The Hall–Kier alpha value is -3.32. The van der Waals surface area contributed by atoms with Gasteiger partial charge in [-0.25, -0.2) is 4.79 Å². The van der Waals surface area contributed by atoms with Gasteiger partial charge in [0.05, 0.1) is 6.61 Å². The molecule has 0 spiro atoms. The number of carboxylic acids is 1. The highest BCUT2D eigenvalue weighted by atomic mass is 16.7. The van der Waals surface area contributed by atoms with E-state index in [-0.39, 0.29) is 25.9 Å². The minimum Gasteiger partial charge on any atom is -0.479 e. The van der Waals surface area contributed by atoms with Crippen molar-refractivity contribution in [2.45, 2.75) is 327 Å². The Balaban J connectivity index is 2.67. The second-order valence-corrected chi connectivity index (χ2v) is 21.7. The number of aliphatic hydroxyl groups is 2. The summed E-state index contributed by atoms with van der Waals surface area (Å²) in [4.78, 5) is 51.2. The maximum atomic E-state index is 13.2. The third-order valence-corrected chi connectivity index (χ3v) is 14.4. The number of esters is 3. The van der Waals surface area contributed by atoms with E-state index in [0.717, 1.165) is 109 Å². The third kappa shape index (κ3) is 43.2. The number of carboxylic acid groups (broad SMARTS) is 1. The van der Waals surface area contributed by atoms with Crippen LogP contribution in [-0.4, -0.2) is 89.2 Å². The number of aliphatic carboxylic acids is 1. The largest absolute Gasteiger partial charge is 0.479 e. The number of allylic oxidation sites excluding steroid dienone is 8. The molecule has 1 rings (SSSR count). The number of unbranched alkanes of at least 4 members (excludes halogenated alkanes) is 32. The molecule has 6 atom stereocenters. The molecule has 12 heteroatoms. The van der Waals surface area contributed by atoms with Crippen LogP contribution in [0.5, 0.6) is 0 Å². The molecule has 0 radical (unpaired) electrons. The first kappa shape index (κ1) is 71.7. The lowest BCUT2D eigenvalue weighted by Crippen LogP contribution is -2.61. The molecular weight excluding hydrogens is 973 g/mol. The van der Waals surface area contributed by atoms with Crippen molar-refractivity contribution >= 4 is 23.9 Å². The summed E-state index contributed by atoms with van der Waals surface area (Å²) in [5.74, 6) is -3.13. The molecule has 0 aliphatic carbocycles. The standard InChI is InChI=1S/C65H114O12/c1-4-7-10-13-16-19-22-25-28-29-32-33-36-39-42-45-48-51-57(66)73-54-56(75-58(67)52-49-46-43-40-37-34-30-26-23-20-17-14-11-8-5-2)55-74-65-63(61(70)60(69)62(77-65)64(71)72)76-59(68)53-50-47-44-41-38-35-31-27-24-21-18-15-12-9-6-3/h8,11,17,20,26-27,30-31,56,60-63,65,69-70H,4-7,9-10,12-16,18-19,21-25,28-29,32-55H2,1-3H3,(H,71,72)/b11-8-,20-17-,30-26-,31-27-. The van der Waals surface area contributed by atoms with Gasteiger partial charge in [-0.3, -0.25) is 14.4 Å². The maximum absolute atomic E-state index is 13.2. The summed E-state index contributed by atoms with van der Waals surface area (Å²) >= 11 is 0. The fourth-order valence-corrected chi connectivity index (χ4v) is 9.56. The van der Waals surface area contributed by atoms with Crippen molar-refractivity contribution in [3.8, 4) is 0 Å². The molecule has 0 amide bonds. The van der Waals surface area contributed by atoms with Gasteiger partial charge in [-0.2, -0.15) is 0 Å². The Morgan fingerprint density at radius 2 is 0.818 bits per heavy atom. The van der Waals surface area contributed by atoms with Crippen molar-refractivity contribution in [3.63, 3.8) is 0 Å². The molecule has 1 saturated heterocycles. The highest BCUT2D eigenvalue weighted by Gasteiger charge is 2.50. The van der Waals surface area contributed by atoms with Gasteiger partial charge in [-0.05, 0) is 77.0 Å². The SMILES string of the molecule is CC/C=C\C/C=C\C/C=C\CCCCCCCC(=O)OC(COC(=O)CCCCCCCCCCCCCCCCCCC)COC1OC(C(=O)O)C(O)C(O)C1OC(=O)CCCCCCC/C=C\CCCCCCCC. The number of hydrogen-bond acceptors (Lipinski definition) is 11. The first-order valence-corrected chi connectivity index (χ1v) is 31.6. The normalized spacial score (nSPS) is 18.3. The Kier molecular flexibility index (Phi) is 49.7. The predicted molar refractivity (Wildman–Crippen MR) is 312 cm³/mol. The van der Waals surface area contributed by atoms with Gasteiger partial charge in [0.1, 0.15) is 18.8 Å². The maximum Gasteiger partial charge on any atom is 0.335 e. The molecule has 0 aromatic carbocycles. The van der Waals surface area contributed by atoms with Crippen LogP contribution in [-0.2, 0) is 42.9 Å². The molecule has 6 unspecified atom stereocenters. The molecule has 1 aliphatic heterocycles. The van der Waals surface area contributed by atoms with Crippen LogP contribution < -0.4 is 0 Å². The van der Waals surface area contributed by atoms with Crippen molar-refractivity contribution in [2.75, 3.05) is 13.2 Å². The smallest absolute Gasteiger partial charge is 0.335 e. The van der Waals surface area contributed by atoms with Crippen LogP contribution in [0.2, 0.25) is 0 Å². The lowest BCUT2D eigenvalue weighted by Gasteiger charge is -2.40. The predicted octanol–water partition coefficient (Wildman–Crippen LogP) is 16.6. The van der Waals surface area contributed by atoms with E-state index >= 15 is 0 Å². The molecule has 3 N–H and O–H groups in total. The monoisotopic (exact) mass is 1090 g/mol. The van der Waals surface area contributed by atoms with Gasteiger partial charge in [0, 0.05) is 19.3 Å². The minimum absolute atomic E-state index is 0.0503. The minimum atomic E-state index is -1.91. The summed E-state index contributed by atoms with van der Waals surface area (Å²) in [5, 5.41) is 31.5. The molecule has 0 aromatic rings. The van der Waals surface area contributed by atoms with Crippen LogP contribution in [0.15, 0.2) is 48.6 Å². The van der Waals surface area contributed by atoms with Gasteiger partial charge >= 0.3 is 23.9 Å². The Morgan fingerprint density at radius 1 is 0.442 bits per heavy atom.